The lowest BCUT2D eigenvalue weighted by Gasteiger charge is -2.04. The molecule has 0 aliphatic carbocycles. The van der Waals surface area contributed by atoms with E-state index in [1.807, 2.05) is 6.92 Å². The zero-order chi connectivity index (χ0) is 13.1. The number of rotatable bonds is 4. The zero-order valence-corrected chi connectivity index (χ0v) is 10.9. The molecule has 0 amide bonds. The lowest BCUT2D eigenvalue weighted by Crippen LogP contribution is -2.11. The summed E-state index contributed by atoms with van der Waals surface area (Å²) in [5, 5.41) is 0.00292. The molecule has 2 aromatic rings. The Morgan fingerprint density at radius 3 is 2.78 bits per heavy atom. The van der Waals surface area contributed by atoms with Gasteiger partial charge in [-0.1, -0.05) is 6.92 Å². The first-order valence-corrected chi connectivity index (χ1v) is 6.56. The topological polar surface area (TPSA) is 76.7 Å². The van der Waals surface area contributed by atoms with Crippen molar-refractivity contribution in [2.24, 2.45) is 5.84 Å². The summed E-state index contributed by atoms with van der Waals surface area (Å²) >= 11 is 2.13. The number of pyridine rings is 1. The number of nitrogens with two attached hydrogens (primary N) is 1. The molecule has 0 saturated carbocycles. The second kappa shape index (κ2) is 5.55. The van der Waals surface area contributed by atoms with Crippen LogP contribution in [0.15, 0.2) is 15.4 Å². The first-order chi connectivity index (χ1) is 8.63. The summed E-state index contributed by atoms with van der Waals surface area (Å²) in [6.07, 6.45) is 0.700. The maximum Gasteiger partial charge on any atom is 0.177 e. The molecule has 2 aromatic heterocycles. The quantitative estimate of drug-likeness (QED) is 0.664. The van der Waals surface area contributed by atoms with Gasteiger partial charge in [0.2, 0.25) is 0 Å². The van der Waals surface area contributed by atoms with Gasteiger partial charge in [-0.3, -0.25) is 0 Å². The second-order valence-corrected chi connectivity index (χ2v) is 5.17. The van der Waals surface area contributed by atoms with Crippen LogP contribution in [0.2, 0.25) is 0 Å². The van der Waals surface area contributed by atoms with Gasteiger partial charge < -0.3 is 5.43 Å². The minimum absolute atomic E-state index is 0.00292. The monoisotopic (exact) mass is 289 g/mol. The van der Waals surface area contributed by atoms with E-state index >= 15 is 0 Å². The molecule has 3 N–H and O–H groups in total. The minimum Gasteiger partial charge on any atom is -0.306 e. The predicted octanol–water partition coefficient (Wildman–Crippen LogP) is 2.21. The van der Waals surface area contributed by atoms with Gasteiger partial charge in [0.05, 0.1) is 0 Å². The van der Waals surface area contributed by atoms with Crippen LogP contribution in [0.5, 0.6) is 0 Å². The van der Waals surface area contributed by atoms with Crippen LogP contribution in [0.4, 0.5) is 14.6 Å². The maximum atomic E-state index is 13.5. The Kier molecular flexibility index (Phi) is 4.04. The van der Waals surface area contributed by atoms with Crippen LogP contribution < -0.4 is 11.3 Å². The Labute approximate surface area is 110 Å². The average Bonchev–Trinajstić information content (AvgIpc) is 2.80. The average molecular weight is 289 g/mol. The van der Waals surface area contributed by atoms with Crippen molar-refractivity contribution in [2.75, 3.05) is 5.43 Å². The number of hydrogen-bond acceptors (Lipinski definition) is 7. The van der Waals surface area contributed by atoms with Gasteiger partial charge in [-0.25, -0.2) is 24.6 Å². The smallest absolute Gasteiger partial charge is 0.177 e. The highest BCUT2D eigenvalue weighted by atomic mass is 32.2. The highest BCUT2D eigenvalue weighted by Gasteiger charge is 2.14. The number of nitrogens with zero attached hydrogens (tertiary/aromatic N) is 3. The molecule has 0 bridgehead atoms. The summed E-state index contributed by atoms with van der Waals surface area (Å²) < 4.78 is 31.3. The summed E-state index contributed by atoms with van der Waals surface area (Å²) in [6.45, 7) is 1.92. The molecule has 0 aromatic carbocycles. The molecule has 0 spiro atoms. The number of aryl methyl sites for hydroxylation is 1. The van der Waals surface area contributed by atoms with Crippen molar-refractivity contribution < 1.29 is 8.78 Å². The lowest BCUT2D eigenvalue weighted by atomic mass is 10.4. The number of nitrogen functional groups attached to an aromatic ring is 1. The van der Waals surface area contributed by atoms with Gasteiger partial charge in [-0.2, -0.15) is 4.37 Å². The standard InChI is InChI=1S/C9H9F2N5S2/c1-2-6-13-9(18-16-6)17-8-5(11)3-4(10)7(14-8)15-12/h3H,2,12H2,1H3,(H,14,15). The van der Waals surface area contributed by atoms with Gasteiger partial charge in [0.15, 0.2) is 21.8 Å². The summed E-state index contributed by atoms with van der Waals surface area (Å²) in [7, 11) is 0. The van der Waals surface area contributed by atoms with E-state index in [-0.39, 0.29) is 10.8 Å². The second-order valence-electron chi connectivity index (χ2n) is 3.18. The van der Waals surface area contributed by atoms with E-state index < -0.39 is 11.6 Å². The normalized spacial score (nSPS) is 10.7. The van der Waals surface area contributed by atoms with E-state index in [9.17, 15) is 8.78 Å². The number of anilines is 1. The summed E-state index contributed by atoms with van der Waals surface area (Å²) in [4.78, 5) is 7.90. The third-order valence-electron chi connectivity index (χ3n) is 1.98. The molecule has 0 aliphatic heterocycles. The fraction of sp³-hybridized carbons (Fsp3) is 0.222. The number of aromatic nitrogens is 3. The zero-order valence-electron chi connectivity index (χ0n) is 9.28. The predicted molar refractivity (Wildman–Crippen MR) is 65.4 cm³/mol. The SMILES string of the molecule is CCc1nsc(Sc2nc(NN)c(F)cc2F)n1. The third-order valence-corrected chi connectivity index (χ3v) is 3.75. The summed E-state index contributed by atoms with van der Waals surface area (Å²) in [5.41, 5.74) is 2.07. The number of hydrazine groups is 1. The summed E-state index contributed by atoms with van der Waals surface area (Å²) in [6, 6.07) is 0.728. The van der Waals surface area contributed by atoms with Gasteiger partial charge in [0, 0.05) is 12.5 Å². The molecule has 0 aliphatic rings. The molecule has 0 atom stereocenters. The fourth-order valence-electron chi connectivity index (χ4n) is 1.13. The third kappa shape index (κ3) is 2.74. The van der Waals surface area contributed by atoms with E-state index in [4.69, 9.17) is 5.84 Å². The van der Waals surface area contributed by atoms with Gasteiger partial charge >= 0.3 is 0 Å². The number of hydrogen-bond donors (Lipinski definition) is 2. The number of halogens is 2. The Bertz CT molecular complexity index is 560. The van der Waals surface area contributed by atoms with E-state index in [2.05, 4.69) is 19.8 Å². The van der Waals surface area contributed by atoms with E-state index in [0.717, 1.165) is 29.4 Å². The van der Waals surface area contributed by atoms with Crippen molar-refractivity contribution in [1.29, 1.82) is 0 Å². The van der Waals surface area contributed by atoms with Crippen molar-refractivity contribution in [3.63, 3.8) is 0 Å². The van der Waals surface area contributed by atoms with Crippen LogP contribution in [0.25, 0.3) is 0 Å². The van der Waals surface area contributed by atoms with Crippen molar-refractivity contribution in [1.82, 2.24) is 14.3 Å². The molecule has 18 heavy (non-hydrogen) atoms. The van der Waals surface area contributed by atoms with Gasteiger partial charge in [-0.05, 0) is 23.3 Å². The molecule has 0 fully saturated rings. The van der Waals surface area contributed by atoms with Gasteiger partial charge in [0.25, 0.3) is 0 Å². The van der Waals surface area contributed by atoms with Crippen LogP contribution in [0.1, 0.15) is 12.7 Å². The highest BCUT2D eigenvalue weighted by Crippen LogP contribution is 2.31. The molecule has 2 rings (SSSR count). The highest BCUT2D eigenvalue weighted by molar-refractivity contribution is 8.00. The molecule has 5 nitrogen and oxygen atoms in total. The molecule has 2 heterocycles. The van der Waals surface area contributed by atoms with Crippen molar-refractivity contribution in [3.8, 4) is 0 Å². The van der Waals surface area contributed by atoms with Crippen molar-refractivity contribution in [3.05, 3.63) is 23.5 Å². The Morgan fingerprint density at radius 2 is 2.17 bits per heavy atom. The molecule has 0 saturated heterocycles. The maximum absolute atomic E-state index is 13.5. The van der Waals surface area contributed by atoms with Crippen LogP contribution in [0.3, 0.4) is 0 Å². The molecule has 0 unspecified atom stereocenters. The Morgan fingerprint density at radius 1 is 1.39 bits per heavy atom. The largest absolute Gasteiger partial charge is 0.306 e. The Balaban J connectivity index is 2.28. The van der Waals surface area contributed by atoms with Gasteiger partial charge in [0.1, 0.15) is 10.9 Å². The first kappa shape index (κ1) is 13.1. The first-order valence-electron chi connectivity index (χ1n) is 4.97. The number of nitrogens with one attached hydrogen (secondary N) is 1. The van der Waals surface area contributed by atoms with E-state index in [0.29, 0.717) is 16.6 Å². The minimum atomic E-state index is -0.842. The van der Waals surface area contributed by atoms with Crippen LogP contribution >= 0.6 is 23.3 Å². The van der Waals surface area contributed by atoms with Crippen LogP contribution in [-0.4, -0.2) is 14.3 Å². The van der Waals surface area contributed by atoms with Gasteiger partial charge in [-0.15, -0.1) is 0 Å². The summed E-state index contributed by atoms with van der Waals surface area (Å²) in [5.74, 6) is 3.95. The van der Waals surface area contributed by atoms with E-state index in [1.54, 1.807) is 0 Å². The molecular weight excluding hydrogens is 280 g/mol. The van der Waals surface area contributed by atoms with Crippen molar-refractivity contribution in [2.45, 2.75) is 22.7 Å². The van der Waals surface area contributed by atoms with Crippen LogP contribution in [0, 0.1) is 11.6 Å². The van der Waals surface area contributed by atoms with Crippen LogP contribution in [-0.2, 0) is 6.42 Å². The molecule has 96 valence electrons. The molecule has 0 radical (unpaired) electrons. The molecular formula is C9H9F2N5S2. The Hall–Kier alpha value is -1.32. The van der Waals surface area contributed by atoms with Crippen molar-refractivity contribution >= 4 is 29.1 Å². The molecule has 9 heteroatoms. The fourth-order valence-corrected chi connectivity index (χ4v) is 2.74. The lowest BCUT2D eigenvalue weighted by molar-refractivity contribution is 0.551. The van der Waals surface area contributed by atoms with E-state index in [1.165, 1.54) is 0 Å².